The first-order valence-corrected chi connectivity index (χ1v) is 5.34. The fourth-order valence-electron chi connectivity index (χ4n) is 2.21. The van der Waals surface area contributed by atoms with Crippen molar-refractivity contribution < 1.29 is 4.74 Å². The van der Waals surface area contributed by atoms with Gasteiger partial charge in [0.1, 0.15) is 5.82 Å². The van der Waals surface area contributed by atoms with Crippen LogP contribution in [0.2, 0.25) is 0 Å². The Bertz CT molecular complexity index is 287. The van der Waals surface area contributed by atoms with Gasteiger partial charge in [0.2, 0.25) is 0 Å². The summed E-state index contributed by atoms with van der Waals surface area (Å²) < 4.78 is 5.35. The summed E-state index contributed by atoms with van der Waals surface area (Å²) in [5.41, 5.74) is 1.16. The molecule has 1 N–H and O–H groups in total. The second-order valence-electron chi connectivity index (χ2n) is 4.16. The van der Waals surface area contributed by atoms with Crippen LogP contribution >= 0.6 is 0 Å². The number of hydrogen-bond acceptors (Lipinski definition) is 2. The van der Waals surface area contributed by atoms with Gasteiger partial charge in [0.05, 0.1) is 6.10 Å². The number of rotatable bonds is 2. The molecule has 0 unspecified atom stereocenters. The first kappa shape index (κ1) is 9.71. The molecule has 1 saturated carbocycles. The lowest BCUT2D eigenvalue weighted by Gasteiger charge is -2.26. The highest BCUT2D eigenvalue weighted by atomic mass is 16.5. The lowest BCUT2D eigenvalue weighted by Crippen LogP contribution is -2.19. The molecule has 1 fully saturated rings. The number of nitrogens with zero attached hydrogens (tertiary/aromatic N) is 1. The van der Waals surface area contributed by atoms with Crippen molar-refractivity contribution in [1.29, 1.82) is 0 Å². The molecular weight excluding hydrogens is 176 g/mol. The Hall–Kier alpha value is -0.830. The second kappa shape index (κ2) is 4.13. The predicted octanol–water partition coefficient (Wildman–Crippen LogP) is 2.39. The number of aromatic amines is 1. The van der Waals surface area contributed by atoms with Gasteiger partial charge in [-0.25, -0.2) is 4.98 Å². The van der Waals surface area contributed by atoms with Gasteiger partial charge in [0.25, 0.3) is 0 Å². The normalized spacial score (nSPS) is 27.9. The van der Waals surface area contributed by atoms with E-state index in [4.69, 9.17) is 4.74 Å². The fraction of sp³-hybridized carbons (Fsp3) is 0.727. The van der Waals surface area contributed by atoms with Crippen molar-refractivity contribution in [1.82, 2.24) is 9.97 Å². The van der Waals surface area contributed by atoms with E-state index in [1.165, 1.54) is 25.7 Å². The monoisotopic (exact) mass is 194 g/mol. The molecule has 3 heteroatoms. The Morgan fingerprint density at radius 2 is 2.07 bits per heavy atom. The second-order valence-corrected chi connectivity index (χ2v) is 4.16. The van der Waals surface area contributed by atoms with Crippen molar-refractivity contribution >= 4 is 0 Å². The summed E-state index contributed by atoms with van der Waals surface area (Å²) in [7, 11) is 1.81. The minimum absolute atomic E-state index is 0.474. The first-order chi connectivity index (χ1) is 6.79. The summed E-state index contributed by atoms with van der Waals surface area (Å²) in [6.45, 7) is 2.05. The summed E-state index contributed by atoms with van der Waals surface area (Å²) >= 11 is 0. The number of ether oxygens (including phenoxy) is 1. The molecule has 0 aromatic carbocycles. The molecule has 0 amide bonds. The molecule has 0 aliphatic heterocycles. The smallest absolute Gasteiger partial charge is 0.109 e. The molecule has 78 valence electrons. The minimum Gasteiger partial charge on any atom is -0.381 e. The Morgan fingerprint density at radius 3 is 2.57 bits per heavy atom. The van der Waals surface area contributed by atoms with Crippen LogP contribution in [0.15, 0.2) is 6.20 Å². The van der Waals surface area contributed by atoms with Crippen molar-refractivity contribution in [3.05, 3.63) is 17.7 Å². The van der Waals surface area contributed by atoms with E-state index >= 15 is 0 Å². The van der Waals surface area contributed by atoms with E-state index in [2.05, 4.69) is 16.9 Å². The highest BCUT2D eigenvalue weighted by Crippen LogP contribution is 2.32. The zero-order chi connectivity index (χ0) is 9.97. The number of imidazole rings is 1. The molecule has 1 aromatic rings. The van der Waals surface area contributed by atoms with E-state index in [9.17, 15) is 0 Å². The Morgan fingerprint density at radius 1 is 1.36 bits per heavy atom. The van der Waals surface area contributed by atoms with Gasteiger partial charge < -0.3 is 9.72 Å². The minimum atomic E-state index is 0.474. The number of aryl methyl sites for hydroxylation is 1. The molecule has 0 bridgehead atoms. The lowest BCUT2D eigenvalue weighted by molar-refractivity contribution is 0.0652. The van der Waals surface area contributed by atoms with Gasteiger partial charge in [-0.05, 0) is 32.6 Å². The molecule has 14 heavy (non-hydrogen) atoms. The quantitative estimate of drug-likeness (QED) is 0.785. The molecule has 0 saturated heterocycles. The standard InChI is InChI=1S/C11H18N2O/c1-8-7-12-11(13-8)9-3-5-10(14-2)6-4-9/h7,9-10H,3-6H2,1-2H3,(H,12,13). The molecule has 3 nitrogen and oxygen atoms in total. The SMILES string of the molecule is COC1CCC(c2ncc(C)[nH]2)CC1. The van der Waals surface area contributed by atoms with E-state index in [1.807, 2.05) is 13.3 Å². The van der Waals surface area contributed by atoms with Crippen LogP contribution in [0.4, 0.5) is 0 Å². The van der Waals surface area contributed by atoms with Gasteiger partial charge in [-0.1, -0.05) is 0 Å². The number of nitrogens with one attached hydrogen (secondary N) is 1. The Balaban J connectivity index is 1.95. The first-order valence-electron chi connectivity index (χ1n) is 5.34. The van der Waals surface area contributed by atoms with Crippen LogP contribution < -0.4 is 0 Å². The molecule has 1 aromatic heterocycles. The maximum Gasteiger partial charge on any atom is 0.109 e. The molecule has 1 heterocycles. The van der Waals surface area contributed by atoms with Crippen molar-refractivity contribution in [3.63, 3.8) is 0 Å². The van der Waals surface area contributed by atoms with Crippen LogP contribution in [0.5, 0.6) is 0 Å². The maximum absolute atomic E-state index is 5.35. The molecule has 0 spiro atoms. The van der Waals surface area contributed by atoms with Crippen molar-refractivity contribution in [2.24, 2.45) is 0 Å². The molecular formula is C11H18N2O. The summed E-state index contributed by atoms with van der Waals surface area (Å²) in [6, 6.07) is 0. The van der Waals surface area contributed by atoms with Crippen LogP contribution in [0.1, 0.15) is 43.1 Å². The van der Waals surface area contributed by atoms with Crippen LogP contribution in [0.25, 0.3) is 0 Å². The summed E-state index contributed by atoms with van der Waals surface area (Å²) in [4.78, 5) is 7.72. The number of aromatic nitrogens is 2. The van der Waals surface area contributed by atoms with E-state index in [0.29, 0.717) is 12.0 Å². The zero-order valence-electron chi connectivity index (χ0n) is 8.92. The Labute approximate surface area is 84.9 Å². The molecule has 0 radical (unpaired) electrons. The average Bonchev–Trinajstić information content (AvgIpc) is 2.65. The van der Waals surface area contributed by atoms with Crippen LogP contribution in [0, 0.1) is 6.92 Å². The topological polar surface area (TPSA) is 37.9 Å². The van der Waals surface area contributed by atoms with Gasteiger partial charge in [-0.3, -0.25) is 0 Å². The molecule has 1 aliphatic carbocycles. The number of H-pyrrole nitrogens is 1. The third-order valence-electron chi connectivity index (χ3n) is 3.12. The highest BCUT2D eigenvalue weighted by Gasteiger charge is 2.23. The lowest BCUT2D eigenvalue weighted by atomic mass is 9.87. The summed E-state index contributed by atoms with van der Waals surface area (Å²) in [5.74, 6) is 1.78. The number of hydrogen-bond donors (Lipinski definition) is 1. The van der Waals surface area contributed by atoms with Crippen molar-refractivity contribution in [2.75, 3.05) is 7.11 Å². The van der Waals surface area contributed by atoms with Crippen molar-refractivity contribution in [2.45, 2.75) is 44.6 Å². The average molecular weight is 194 g/mol. The molecule has 1 aliphatic rings. The highest BCUT2D eigenvalue weighted by molar-refractivity contribution is 5.04. The summed E-state index contributed by atoms with van der Waals surface area (Å²) in [5, 5.41) is 0. The van der Waals surface area contributed by atoms with Gasteiger partial charge in [0, 0.05) is 24.9 Å². The largest absolute Gasteiger partial charge is 0.381 e. The fourth-order valence-corrected chi connectivity index (χ4v) is 2.21. The van der Waals surface area contributed by atoms with E-state index < -0.39 is 0 Å². The van der Waals surface area contributed by atoms with Crippen molar-refractivity contribution in [3.8, 4) is 0 Å². The number of methoxy groups -OCH3 is 1. The van der Waals surface area contributed by atoms with E-state index in [1.54, 1.807) is 0 Å². The van der Waals surface area contributed by atoms with Crippen LogP contribution in [0.3, 0.4) is 0 Å². The van der Waals surface area contributed by atoms with Gasteiger partial charge in [-0.2, -0.15) is 0 Å². The molecule has 0 atom stereocenters. The summed E-state index contributed by atoms with van der Waals surface area (Å²) in [6.07, 6.45) is 7.12. The third-order valence-corrected chi connectivity index (χ3v) is 3.12. The zero-order valence-corrected chi connectivity index (χ0v) is 8.92. The van der Waals surface area contributed by atoms with Gasteiger partial charge in [0.15, 0.2) is 0 Å². The van der Waals surface area contributed by atoms with Gasteiger partial charge in [-0.15, -0.1) is 0 Å². The van der Waals surface area contributed by atoms with E-state index in [0.717, 1.165) is 11.5 Å². The maximum atomic E-state index is 5.35. The van der Waals surface area contributed by atoms with Crippen LogP contribution in [-0.4, -0.2) is 23.2 Å². The third kappa shape index (κ3) is 1.98. The van der Waals surface area contributed by atoms with Gasteiger partial charge >= 0.3 is 0 Å². The molecule has 2 rings (SSSR count). The van der Waals surface area contributed by atoms with Crippen LogP contribution in [-0.2, 0) is 4.74 Å². The Kier molecular flexibility index (Phi) is 2.87. The predicted molar refractivity (Wildman–Crippen MR) is 55.3 cm³/mol. The van der Waals surface area contributed by atoms with E-state index in [-0.39, 0.29) is 0 Å².